The zero-order valence-corrected chi connectivity index (χ0v) is 31.5. The first-order valence-electron chi connectivity index (χ1n) is 18.5. The van der Waals surface area contributed by atoms with Crippen LogP contribution in [0.1, 0.15) is 0 Å². The zero-order valence-electron chi connectivity index (χ0n) is 29.8. The predicted octanol–water partition coefficient (Wildman–Crippen LogP) is 12.9. The van der Waals surface area contributed by atoms with Crippen molar-refractivity contribution in [2.75, 3.05) is 0 Å². The molecule has 0 unspecified atom stereocenters. The van der Waals surface area contributed by atoms with E-state index >= 15 is 0 Å². The Balaban J connectivity index is 1.36. The summed E-state index contributed by atoms with van der Waals surface area (Å²) in [6.07, 6.45) is 0. The quantitative estimate of drug-likeness (QED) is 0.152. The van der Waals surface area contributed by atoms with Gasteiger partial charge in [-0.25, -0.2) is 0 Å². The van der Waals surface area contributed by atoms with Gasteiger partial charge in [-0.05, 0) is 0 Å². The third kappa shape index (κ3) is 5.89. The van der Waals surface area contributed by atoms with Crippen LogP contribution in [0.25, 0.3) is 97.4 Å². The Kier molecular flexibility index (Phi) is 8.53. The molecule has 4 heteroatoms. The molecule has 10 aromatic rings. The van der Waals surface area contributed by atoms with E-state index in [9.17, 15) is 0 Å². The van der Waals surface area contributed by atoms with Gasteiger partial charge in [0.05, 0.1) is 0 Å². The minimum absolute atomic E-state index is 0.226. The number of aromatic nitrogens is 3. The second-order valence-electron chi connectivity index (χ2n) is 13.6. The molecule has 0 radical (unpaired) electrons. The molecule has 0 N–H and O–H groups in total. The molecule has 0 fully saturated rings. The Morgan fingerprint density at radius 2 is 0.745 bits per heavy atom. The van der Waals surface area contributed by atoms with Crippen molar-refractivity contribution >= 4 is 33.8 Å². The summed E-state index contributed by atoms with van der Waals surface area (Å²) in [5, 5.41) is 17.3. The molecule has 0 bridgehead atoms. The van der Waals surface area contributed by atoms with E-state index in [0.717, 1.165) is 72.6 Å². The van der Waals surface area contributed by atoms with Gasteiger partial charge in [0.1, 0.15) is 0 Å². The van der Waals surface area contributed by atoms with Gasteiger partial charge in [-0.2, -0.15) is 0 Å². The van der Waals surface area contributed by atoms with Gasteiger partial charge in [-0.15, -0.1) is 0 Å². The molecular weight excluding hydrogens is 734 g/mol. The predicted molar refractivity (Wildman–Crippen MR) is 230 cm³/mol. The van der Waals surface area contributed by atoms with Crippen molar-refractivity contribution in [3.63, 3.8) is 0 Å². The Morgan fingerprint density at radius 1 is 0.291 bits per heavy atom. The van der Waals surface area contributed by atoms with Crippen molar-refractivity contribution < 1.29 is 0 Å². The molecule has 3 nitrogen and oxygen atoms in total. The normalized spacial score (nSPS) is 11.3. The summed E-state index contributed by atoms with van der Waals surface area (Å²) in [4.78, 5) is 0. The van der Waals surface area contributed by atoms with E-state index in [-0.39, 0.29) is 14.5 Å². The maximum atomic E-state index is 5.10. The van der Waals surface area contributed by atoms with Gasteiger partial charge in [-0.1, -0.05) is 24.3 Å². The van der Waals surface area contributed by atoms with E-state index < -0.39 is 0 Å². The molecule has 2 aromatic heterocycles. The molecule has 0 aliphatic heterocycles. The van der Waals surface area contributed by atoms with Gasteiger partial charge >= 0.3 is 303 Å². The molecule has 0 spiro atoms. The van der Waals surface area contributed by atoms with Crippen molar-refractivity contribution in [2.45, 2.75) is 0 Å². The smallest absolute Gasteiger partial charge is 0.0617 e. The molecule has 0 aliphatic rings. The van der Waals surface area contributed by atoms with Crippen LogP contribution in [0, 0.1) is 0 Å². The van der Waals surface area contributed by atoms with Crippen LogP contribution >= 0.6 is 0 Å². The average Bonchev–Trinajstić information content (AvgIpc) is 3.66. The molecule has 55 heavy (non-hydrogen) atoms. The van der Waals surface area contributed by atoms with Crippen LogP contribution in [0.5, 0.6) is 0 Å². The fourth-order valence-electron chi connectivity index (χ4n) is 7.96. The number of hydrogen-bond donors (Lipinski definition) is 0. The van der Waals surface area contributed by atoms with Crippen LogP contribution in [-0.2, 0) is 0 Å². The minimum Gasteiger partial charge on any atom is -0.0617 e. The summed E-state index contributed by atoms with van der Waals surface area (Å²) in [5.74, 6) is 0. The first-order valence-corrected chi connectivity index (χ1v) is 20.2. The Labute approximate surface area is 326 Å². The molecular formula is C51H33N3Se. The SMILES string of the molecule is c1ccc(-c2ccccc2-c2nnnc(-c3c(-c4ccccc4)cccc3-c3cccc4[se]c5ccccc5c34)c2-c2ccccc2-c2ccccc2)cc1. The van der Waals surface area contributed by atoms with Crippen LogP contribution in [0.3, 0.4) is 0 Å². The molecule has 0 saturated heterocycles. The van der Waals surface area contributed by atoms with E-state index in [1.807, 2.05) is 0 Å². The molecule has 0 atom stereocenters. The van der Waals surface area contributed by atoms with E-state index in [2.05, 4.69) is 205 Å². The van der Waals surface area contributed by atoms with E-state index in [1.54, 1.807) is 0 Å². The van der Waals surface area contributed by atoms with Gasteiger partial charge in [0.15, 0.2) is 0 Å². The van der Waals surface area contributed by atoms with E-state index in [0.29, 0.717) is 0 Å². The van der Waals surface area contributed by atoms with Crippen molar-refractivity contribution in [2.24, 2.45) is 0 Å². The number of fused-ring (bicyclic) bond motifs is 3. The van der Waals surface area contributed by atoms with Crippen LogP contribution < -0.4 is 0 Å². The summed E-state index contributed by atoms with van der Waals surface area (Å²) < 4.78 is 2.81. The Bertz CT molecular complexity index is 2970. The van der Waals surface area contributed by atoms with Crippen LogP contribution in [0.2, 0.25) is 0 Å². The average molecular weight is 767 g/mol. The second kappa shape index (κ2) is 14.3. The minimum atomic E-state index is 0.226. The van der Waals surface area contributed by atoms with E-state index in [4.69, 9.17) is 10.2 Å². The molecule has 258 valence electrons. The molecule has 8 aromatic carbocycles. The first kappa shape index (κ1) is 32.9. The maximum absolute atomic E-state index is 5.10. The van der Waals surface area contributed by atoms with Gasteiger partial charge in [0.2, 0.25) is 0 Å². The van der Waals surface area contributed by atoms with Crippen molar-refractivity contribution in [1.29, 1.82) is 0 Å². The summed E-state index contributed by atoms with van der Waals surface area (Å²) in [5.41, 5.74) is 14.6. The standard InChI is InChI=1S/C51H33N3Se/c1-4-18-34(19-5-1)37-24-10-12-26-40(37)49-50(43-27-13-11-25-38(43)35-20-6-2-7-21-35)52-54-53-51(49)48-39(36-22-8-3-9-23-36)29-16-30-42(48)41-31-17-33-46-47(41)44-28-14-15-32-45(44)55-46/h1-33H. The summed E-state index contributed by atoms with van der Waals surface area (Å²) in [6.45, 7) is 0. The van der Waals surface area contributed by atoms with Crippen molar-refractivity contribution in [3.8, 4) is 78.1 Å². The third-order valence-corrected chi connectivity index (χ3v) is 12.8. The number of benzene rings is 8. The Morgan fingerprint density at radius 3 is 1.44 bits per heavy atom. The third-order valence-electron chi connectivity index (χ3n) is 10.4. The van der Waals surface area contributed by atoms with Crippen LogP contribution in [0.4, 0.5) is 0 Å². The monoisotopic (exact) mass is 767 g/mol. The van der Waals surface area contributed by atoms with E-state index in [1.165, 1.54) is 24.9 Å². The number of nitrogens with zero attached hydrogens (tertiary/aromatic N) is 3. The second-order valence-corrected chi connectivity index (χ2v) is 15.8. The number of hydrogen-bond acceptors (Lipinski definition) is 3. The summed E-state index contributed by atoms with van der Waals surface area (Å²) in [6, 6.07) is 71.3. The molecule has 0 saturated carbocycles. The van der Waals surface area contributed by atoms with Gasteiger partial charge in [0, 0.05) is 0 Å². The Hall–Kier alpha value is -6.71. The van der Waals surface area contributed by atoms with Crippen LogP contribution in [-0.4, -0.2) is 29.9 Å². The molecule has 0 aliphatic carbocycles. The van der Waals surface area contributed by atoms with Crippen LogP contribution in [0.15, 0.2) is 200 Å². The molecule has 0 amide bonds. The van der Waals surface area contributed by atoms with Gasteiger partial charge in [0.25, 0.3) is 0 Å². The van der Waals surface area contributed by atoms with Crippen molar-refractivity contribution in [3.05, 3.63) is 200 Å². The molecule has 10 rings (SSSR count). The fourth-order valence-corrected chi connectivity index (χ4v) is 10.3. The fraction of sp³-hybridized carbons (Fsp3) is 0. The molecule has 2 heterocycles. The number of rotatable bonds is 7. The van der Waals surface area contributed by atoms with Crippen molar-refractivity contribution in [1.82, 2.24) is 15.4 Å². The van der Waals surface area contributed by atoms with Gasteiger partial charge in [-0.3, -0.25) is 0 Å². The van der Waals surface area contributed by atoms with Gasteiger partial charge < -0.3 is 0 Å². The zero-order chi connectivity index (χ0) is 36.6. The summed E-state index contributed by atoms with van der Waals surface area (Å²) in [7, 11) is 0. The topological polar surface area (TPSA) is 38.7 Å². The summed E-state index contributed by atoms with van der Waals surface area (Å²) >= 11 is 0.226. The first-order chi connectivity index (χ1) is 27.3.